The number of rotatable bonds is 0. The fourth-order valence-corrected chi connectivity index (χ4v) is 1.20. The van der Waals surface area contributed by atoms with E-state index in [1.807, 2.05) is 6.92 Å². The first kappa shape index (κ1) is 7.29. The van der Waals surface area contributed by atoms with E-state index in [-0.39, 0.29) is 0 Å². The largest absolute Gasteiger partial charge is 0.313 e. The molecule has 0 N–H and O–H groups in total. The van der Waals surface area contributed by atoms with E-state index in [9.17, 15) is 0 Å². The molecule has 0 spiro atoms. The highest BCUT2D eigenvalue weighted by Gasteiger charge is 2.06. The van der Waals surface area contributed by atoms with Crippen molar-refractivity contribution in [1.29, 1.82) is 5.26 Å². The van der Waals surface area contributed by atoms with E-state index in [4.69, 9.17) is 5.26 Å². The third-order valence-electron chi connectivity index (χ3n) is 1.32. The predicted molar refractivity (Wildman–Crippen MR) is 40.4 cm³/mol. The van der Waals surface area contributed by atoms with Gasteiger partial charge in [0.25, 0.3) is 0 Å². The van der Waals surface area contributed by atoms with Crippen LogP contribution in [0.25, 0.3) is 0 Å². The molecule has 0 aromatic carbocycles. The molecule has 0 fully saturated rings. The first-order valence-corrected chi connectivity index (χ1v) is 3.55. The topological polar surface area (TPSA) is 41.6 Å². The van der Waals surface area contributed by atoms with Gasteiger partial charge in [0, 0.05) is 7.05 Å². The predicted octanol–water partition coefficient (Wildman–Crippen LogP) is 1.36. The Morgan fingerprint density at radius 3 is 2.50 bits per heavy atom. The molecule has 1 heterocycles. The maximum atomic E-state index is 8.58. The lowest BCUT2D eigenvalue weighted by atomic mass is 10.4. The number of nitriles is 1. The van der Waals surface area contributed by atoms with E-state index in [0.29, 0.717) is 10.4 Å². The summed E-state index contributed by atoms with van der Waals surface area (Å²) in [5.41, 5.74) is 1.36. The van der Waals surface area contributed by atoms with Crippen molar-refractivity contribution in [3.05, 3.63) is 16.1 Å². The van der Waals surface area contributed by atoms with Crippen molar-refractivity contribution in [2.45, 2.75) is 6.92 Å². The van der Waals surface area contributed by atoms with E-state index in [1.165, 1.54) is 0 Å². The second-order valence-electron chi connectivity index (χ2n) is 1.99. The number of imidazole rings is 1. The molecule has 52 valence electrons. The molecule has 3 nitrogen and oxygen atoms in total. The summed E-state index contributed by atoms with van der Waals surface area (Å²) in [6, 6.07) is 2.05. The summed E-state index contributed by atoms with van der Waals surface area (Å²) in [5, 5.41) is 8.58. The molecule has 0 aliphatic carbocycles. The van der Waals surface area contributed by atoms with Gasteiger partial charge in [-0.1, -0.05) is 0 Å². The number of hydrogen-bond acceptors (Lipinski definition) is 2. The average molecular weight is 200 g/mol. The molecular weight excluding hydrogens is 194 g/mol. The third-order valence-corrected chi connectivity index (χ3v) is 2.03. The van der Waals surface area contributed by atoms with Crippen LogP contribution in [0.5, 0.6) is 0 Å². The van der Waals surface area contributed by atoms with Crippen LogP contribution in [0, 0.1) is 18.3 Å². The Bertz CT molecular complexity index is 295. The molecule has 0 radical (unpaired) electrons. The van der Waals surface area contributed by atoms with E-state index in [0.717, 1.165) is 5.69 Å². The zero-order valence-corrected chi connectivity index (χ0v) is 7.31. The molecule has 0 amide bonds. The van der Waals surface area contributed by atoms with Gasteiger partial charge in [-0.3, -0.25) is 0 Å². The van der Waals surface area contributed by atoms with Gasteiger partial charge in [0.05, 0.1) is 5.69 Å². The van der Waals surface area contributed by atoms with Crippen molar-refractivity contribution in [3.63, 3.8) is 0 Å². The van der Waals surface area contributed by atoms with Gasteiger partial charge in [0.15, 0.2) is 4.73 Å². The van der Waals surface area contributed by atoms with E-state index in [2.05, 4.69) is 27.0 Å². The molecule has 0 aliphatic rings. The Morgan fingerprint density at radius 1 is 1.70 bits per heavy atom. The molecule has 0 aliphatic heterocycles. The molecule has 0 unspecified atom stereocenters. The Hall–Kier alpha value is -0.820. The fourth-order valence-electron chi connectivity index (χ4n) is 0.757. The quantitative estimate of drug-likeness (QED) is 0.634. The highest BCUT2D eigenvalue weighted by atomic mass is 79.9. The third kappa shape index (κ3) is 0.929. The van der Waals surface area contributed by atoms with Gasteiger partial charge in [-0.2, -0.15) is 5.26 Å². The fraction of sp³-hybridized carbons (Fsp3) is 0.333. The van der Waals surface area contributed by atoms with E-state index < -0.39 is 0 Å². The van der Waals surface area contributed by atoms with Crippen molar-refractivity contribution in [2.75, 3.05) is 0 Å². The first-order valence-electron chi connectivity index (χ1n) is 2.75. The molecule has 0 saturated heterocycles. The van der Waals surface area contributed by atoms with Crippen LogP contribution in [0.3, 0.4) is 0 Å². The minimum atomic E-state index is 0.604. The van der Waals surface area contributed by atoms with Gasteiger partial charge in [-0.05, 0) is 22.9 Å². The lowest BCUT2D eigenvalue weighted by Crippen LogP contribution is -1.91. The Morgan fingerprint density at radius 2 is 2.30 bits per heavy atom. The van der Waals surface area contributed by atoms with Crippen LogP contribution in [-0.2, 0) is 7.05 Å². The molecule has 10 heavy (non-hydrogen) atoms. The molecule has 1 rings (SSSR count). The summed E-state index contributed by atoms with van der Waals surface area (Å²) < 4.78 is 2.40. The minimum absolute atomic E-state index is 0.604. The van der Waals surface area contributed by atoms with E-state index >= 15 is 0 Å². The van der Waals surface area contributed by atoms with Gasteiger partial charge >= 0.3 is 0 Å². The maximum absolute atomic E-state index is 8.58. The summed E-state index contributed by atoms with van der Waals surface area (Å²) in [4.78, 5) is 4.04. The zero-order chi connectivity index (χ0) is 7.72. The summed E-state index contributed by atoms with van der Waals surface area (Å²) in [6.07, 6.45) is 0. The van der Waals surface area contributed by atoms with Gasteiger partial charge in [-0.15, -0.1) is 0 Å². The summed E-state index contributed by atoms with van der Waals surface area (Å²) in [6.45, 7) is 1.81. The van der Waals surface area contributed by atoms with Crippen molar-refractivity contribution < 1.29 is 0 Å². The number of aryl methyl sites for hydroxylation is 1. The second-order valence-corrected chi connectivity index (χ2v) is 2.69. The second kappa shape index (κ2) is 2.43. The maximum Gasteiger partial charge on any atom is 0.178 e. The highest BCUT2D eigenvalue weighted by Crippen LogP contribution is 2.12. The Labute approximate surface area is 67.4 Å². The molecular formula is C6H6BrN3. The summed E-state index contributed by atoms with van der Waals surface area (Å²) in [7, 11) is 1.79. The van der Waals surface area contributed by atoms with Crippen LogP contribution >= 0.6 is 15.9 Å². The standard InChI is InChI=1S/C6H6BrN3/c1-4-5(3-8)10(2)6(7)9-4/h1-2H3. The van der Waals surface area contributed by atoms with Gasteiger partial charge < -0.3 is 4.57 Å². The van der Waals surface area contributed by atoms with Gasteiger partial charge in [0.1, 0.15) is 11.8 Å². The molecule has 0 bridgehead atoms. The molecule has 0 atom stereocenters. The summed E-state index contributed by atoms with van der Waals surface area (Å²) in [5.74, 6) is 0. The lowest BCUT2D eigenvalue weighted by molar-refractivity contribution is 0.866. The number of halogens is 1. The monoisotopic (exact) mass is 199 g/mol. The van der Waals surface area contributed by atoms with Crippen LogP contribution in [0.1, 0.15) is 11.4 Å². The van der Waals surface area contributed by atoms with Crippen LogP contribution in [-0.4, -0.2) is 9.55 Å². The number of nitrogens with zero attached hydrogens (tertiary/aromatic N) is 3. The SMILES string of the molecule is Cc1nc(Br)n(C)c1C#N. The smallest absolute Gasteiger partial charge is 0.178 e. The molecule has 1 aromatic heterocycles. The normalized spacial score (nSPS) is 9.40. The van der Waals surface area contributed by atoms with Gasteiger partial charge in [-0.25, -0.2) is 4.98 Å². The van der Waals surface area contributed by atoms with Crippen LogP contribution in [0.2, 0.25) is 0 Å². The van der Waals surface area contributed by atoms with Crippen LogP contribution in [0.4, 0.5) is 0 Å². The Kier molecular flexibility index (Phi) is 1.77. The van der Waals surface area contributed by atoms with E-state index in [1.54, 1.807) is 11.6 Å². The minimum Gasteiger partial charge on any atom is -0.313 e. The van der Waals surface area contributed by atoms with Gasteiger partial charge in [0.2, 0.25) is 0 Å². The molecule has 4 heteroatoms. The Balaban J connectivity index is 3.37. The summed E-state index contributed by atoms with van der Waals surface area (Å²) >= 11 is 3.21. The van der Waals surface area contributed by atoms with Crippen molar-refractivity contribution >= 4 is 15.9 Å². The average Bonchev–Trinajstić information content (AvgIpc) is 2.09. The highest BCUT2D eigenvalue weighted by molar-refractivity contribution is 9.10. The van der Waals surface area contributed by atoms with Crippen molar-refractivity contribution in [1.82, 2.24) is 9.55 Å². The first-order chi connectivity index (χ1) is 4.66. The lowest BCUT2D eigenvalue weighted by Gasteiger charge is -1.91. The van der Waals surface area contributed by atoms with Crippen molar-refractivity contribution in [3.8, 4) is 6.07 Å². The molecule has 0 saturated carbocycles. The van der Waals surface area contributed by atoms with Crippen molar-refractivity contribution in [2.24, 2.45) is 7.05 Å². The number of hydrogen-bond donors (Lipinski definition) is 0. The molecule has 1 aromatic rings. The van der Waals surface area contributed by atoms with Crippen LogP contribution in [0.15, 0.2) is 4.73 Å². The number of aromatic nitrogens is 2. The zero-order valence-electron chi connectivity index (χ0n) is 5.72. The van der Waals surface area contributed by atoms with Crippen LogP contribution < -0.4 is 0 Å².